The molecule has 0 aromatic rings. The second-order valence-corrected chi connectivity index (χ2v) is 3.73. The highest BCUT2D eigenvalue weighted by atomic mass is 16.5. The summed E-state index contributed by atoms with van der Waals surface area (Å²) in [5.74, 6) is 0.297. The molecule has 0 radical (unpaired) electrons. The molecule has 0 rings (SSSR count). The van der Waals surface area contributed by atoms with Gasteiger partial charge in [0.1, 0.15) is 0 Å². The summed E-state index contributed by atoms with van der Waals surface area (Å²) in [6.45, 7) is 9.91. The number of carbonyl (C=O) groups excluding carboxylic acids is 1. The highest BCUT2D eigenvalue weighted by Crippen LogP contribution is 1.99. The zero-order chi connectivity index (χ0) is 11.0. The molecule has 0 amide bonds. The predicted molar refractivity (Wildman–Crippen MR) is 59.0 cm³/mol. The monoisotopic (exact) mass is 196 g/mol. The van der Waals surface area contributed by atoms with Crippen molar-refractivity contribution < 1.29 is 9.53 Å². The van der Waals surface area contributed by atoms with Crippen LogP contribution in [0.4, 0.5) is 0 Å². The summed E-state index contributed by atoms with van der Waals surface area (Å²) in [5.41, 5.74) is 0.461. The number of allylic oxidation sites excluding steroid dienone is 2. The molecule has 0 aromatic heterocycles. The molecule has 0 aliphatic carbocycles. The Kier molecular flexibility index (Phi) is 6.81. The molecule has 0 fully saturated rings. The molecule has 0 aliphatic rings. The van der Waals surface area contributed by atoms with Gasteiger partial charge in [0.25, 0.3) is 0 Å². The van der Waals surface area contributed by atoms with Gasteiger partial charge in [-0.25, -0.2) is 4.79 Å². The molecule has 0 saturated carbocycles. The summed E-state index contributed by atoms with van der Waals surface area (Å²) in [5, 5.41) is 0. The van der Waals surface area contributed by atoms with E-state index < -0.39 is 0 Å². The Morgan fingerprint density at radius 3 is 2.64 bits per heavy atom. The van der Waals surface area contributed by atoms with Gasteiger partial charge in [-0.3, -0.25) is 0 Å². The van der Waals surface area contributed by atoms with Crippen LogP contribution < -0.4 is 0 Å². The number of carbonyl (C=O) groups is 1. The van der Waals surface area contributed by atoms with E-state index in [-0.39, 0.29) is 5.97 Å². The second kappa shape index (κ2) is 7.36. The minimum atomic E-state index is -0.294. The van der Waals surface area contributed by atoms with Gasteiger partial charge in [0, 0.05) is 5.57 Å². The molecule has 0 heterocycles. The fourth-order valence-corrected chi connectivity index (χ4v) is 0.858. The fraction of sp³-hybridized carbons (Fsp3) is 0.583. The third kappa shape index (κ3) is 7.59. The van der Waals surface area contributed by atoms with Crippen LogP contribution in [0.5, 0.6) is 0 Å². The Morgan fingerprint density at radius 2 is 2.14 bits per heavy atom. The van der Waals surface area contributed by atoms with E-state index >= 15 is 0 Å². The van der Waals surface area contributed by atoms with Gasteiger partial charge in [-0.2, -0.15) is 0 Å². The van der Waals surface area contributed by atoms with Crippen LogP contribution in [0.15, 0.2) is 24.3 Å². The number of hydrogen-bond acceptors (Lipinski definition) is 2. The molecular formula is C12H20O2. The van der Waals surface area contributed by atoms with Crippen LogP contribution in [-0.2, 0) is 9.53 Å². The fourth-order valence-electron chi connectivity index (χ4n) is 0.858. The molecule has 14 heavy (non-hydrogen) atoms. The zero-order valence-electron chi connectivity index (χ0n) is 9.38. The van der Waals surface area contributed by atoms with Crippen LogP contribution in [-0.4, -0.2) is 12.6 Å². The van der Waals surface area contributed by atoms with E-state index in [1.165, 1.54) is 0 Å². The lowest BCUT2D eigenvalue weighted by Crippen LogP contribution is -2.05. The topological polar surface area (TPSA) is 26.3 Å². The molecular weight excluding hydrogens is 176 g/mol. The van der Waals surface area contributed by atoms with Crippen molar-refractivity contribution in [2.24, 2.45) is 5.92 Å². The van der Waals surface area contributed by atoms with Crippen molar-refractivity contribution in [1.82, 2.24) is 0 Å². The molecule has 0 saturated heterocycles. The minimum Gasteiger partial charge on any atom is -0.462 e. The Hall–Kier alpha value is -1.05. The Balaban J connectivity index is 3.39. The smallest absolute Gasteiger partial charge is 0.333 e. The van der Waals surface area contributed by atoms with Gasteiger partial charge in [0.05, 0.1) is 6.61 Å². The molecule has 0 unspecified atom stereocenters. The largest absolute Gasteiger partial charge is 0.462 e. The SMILES string of the molecule is C=C(C)C(=O)OCCCC=CC(C)C. The minimum absolute atomic E-state index is 0.294. The summed E-state index contributed by atoms with van der Waals surface area (Å²) in [6.07, 6.45) is 6.11. The maximum absolute atomic E-state index is 10.9. The van der Waals surface area contributed by atoms with Gasteiger partial charge in [0.2, 0.25) is 0 Å². The van der Waals surface area contributed by atoms with E-state index in [9.17, 15) is 4.79 Å². The lowest BCUT2D eigenvalue weighted by molar-refractivity contribution is -0.139. The van der Waals surface area contributed by atoms with Crippen molar-refractivity contribution in [1.29, 1.82) is 0 Å². The van der Waals surface area contributed by atoms with E-state index in [2.05, 4.69) is 32.6 Å². The van der Waals surface area contributed by atoms with Gasteiger partial charge >= 0.3 is 5.97 Å². The molecule has 0 aliphatic heterocycles. The quantitative estimate of drug-likeness (QED) is 0.282. The van der Waals surface area contributed by atoms with Crippen LogP contribution in [0, 0.1) is 5.92 Å². The average molecular weight is 196 g/mol. The first-order valence-corrected chi connectivity index (χ1v) is 5.03. The summed E-state index contributed by atoms with van der Waals surface area (Å²) >= 11 is 0. The third-order valence-corrected chi connectivity index (χ3v) is 1.62. The van der Waals surface area contributed by atoms with E-state index in [1.54, 1.807) is 6.92 Å². The number of esters is 1. The molecule has 2 nitrogen and oxygen atoms in total. The Morgan fingerprint density at radius 1 is 1.50 bits per heavy atom. The molecule has 80 valence electrons. The molecule has 0 aromatic carbocycles. The van der Waals surface area contributed by atoms with Crippen molar-refractivity contribution in [3.63, 3.8) is 0 Å². The Bertz CT molecular complexity index is 214. The molecule has 2 heteroatoms. The summed E-state index contributed by atoms with van der Waals surface area (Å²) in [4.78, 5) is 10.9. The second-order valence-electron chi connectivity index (χ2n) is 3.73. The number of rotatable bonds is 6. The summed E-state index contributed by atoms with van der Waals surface area (Å²) in [6, 6.07) is 0. The zero-order valence-corrected chi connectivity index (χ0v) is 9.38. The van der Waals surface area contributed by atoms with E-state index in [0.29, 0.717) is 18.1 Å². The van der Waals surface area contributed by atoms with Crippen molar-refractivity contribution in [2.45, 2.75) is 33.6 Å². The van der Waals surface area contributed by atoms with Crippen molar-refractivity contribution in [3.8, 4) is 0 Å². The lowest BCUT2D eigenvalue weighted by Gasteiger charge is -2.02. The lowest BCUT2D eigenvalue weighted by atomic mass is 10.2. The first kappa shape index (κ1) is 12.9. The van der Waals surface area contributed by atoms with Gasteiger partial charge < -0.3 is 4.74 Å². The first-order valence-electron chi connectivity index (χ1n) is 5.03. The number of hydrogen-bond donors (Lipinski definition) is 0. The van der Waals surface area contributed by atoms with Crippen molar-refractivity contribution in [2.75, 3.05) is 6.61 Å². The van der Waals surface area contributed by atoms with Crippen LogP contribution >= 0.6 is 0 Å². The van der Waals surface area contributed by atoms with E-state index in [4.69, 9.17) is 4.74 Å². The average Bonchev–Trinajstić information content (AvgIpc) is 2.09. The van der Waals surface area contributed by atoms with Gasteiger partial charge in [-0.1, -0.05) is 32.6 Å². The highest BCUT2D eigenvalue weighted by molar-refractivity contribution is 5.86. The Labute approximate surface area is 86.6 Å². The summed E-state index contributed by atoms with van der Waals surface area (Å²) < 4.78 is 4.94. The maximum Gasteiger partial charge on any atom is 0.333 e. The number of unbranched alkanes of at least 4 members (excludes halogenated alkanes) is 1. The van der Waals surface area contributed by atoms with Gasteiger partial charge in [-0.15, -0.1) is 0 Å². The van der Waals surface area contributed by atoms with Gasteiger partial charge in [0.15, 0.2) is 0 Å². The molecule has 0 N–H and O–H groups in total. The van der Waals surface area contributed by atoms with Crippen LogP contribution in [0.25, 0.3) is 0 Å². The van der Waals surface area contributed by atoms with Crippen molar-refractivity contribution >= 4 is 5.97 Å². The standard InChI is InChI=1S/C12H20O2/c1-10(2)8-6-5-7-9-14-12(13)11(3)4/h6,8,10H,3,5,7,9H2,1-2,4H3. The molecule has 0 atom stereocenters. The van der Waals surface area contributed by atoms with Crippen LogP contribution in [0.1, 0.15) is 33.6 Å². The summed E-state index contributed by atoms with van der Waals surface area (Å²) in [7, 11) is 0. The maximum atomic E-state index is 10.9. The van der Waals surface area contributed by atoms with Crippen LogP contribution in [0.2, 0.25) is 0 Å². The molecule has 0 spiro atoms. The first-order chi connectivity index (χ1) is 6.54. The normalized spacial score (nSPS) is 10.9. The third-order valence-electron chi connectivity index (χ3n) is 1.62. The van der Waals surface area contributed by atoms with E-state index in [0.717, 1.165) is 12.8 Å². The highest BCUT2D eigenvalue weighted by Gasteiger charge is 2.00. The number of ether oxygens (including phenoxy) is 1. The van der Waals surface area contributed by atoms with Crippen molar-refractivity contribution in [3.05, 3.63) is 24.3 Å². The molecule has 0 bridgehead atoms. The van der Waals surface area contributed by atoms with Crippen LogP contribution in [0.3, 0.4) is 0 Å². The predicted octanol–water partition coefficient (Wildman–Crippen LogP) is 3.10. The van der Waals surface area contributed by atoms with Gasteiger partial charge in [-0.05, 0) is 25.7 Å². The van der Waals surface area contributed by atoms with E-state index in [1.807, 2.05) is 0 Å².